The molecule has 2 N–H and O–H groups in total. The number of nitrogens with zero attached hydrogens (tertiary/aromatic N) is 4. The van der Waals surface area contributed by atoms with Gasteiger partial charge >= 0.3 is 0 Å². The van der Waals surface area contributed by atoms with Gasteiger partial charge in [0.25, 0.3) is 5.91 Å². The molecule has 0 atom stereocenters. The molecule has 7 nitrogen and oxygen atoms in total. The zero-order valence-corrected chi connectivity index (χ0v) is 15.0. The Balaban J connectivity index is 2.50. The van der Waals surface area contributed by atoms with Gasteiger partial charge < -0.3 is 20.4 Å². The van der Waals surface area contributed by atoms with Crippen LogP contribution in [0.5, 0.6) is 0 Å². The highest BCUT2D eigenvalue weighted by atomic mass is 16.1. The molecular weight excluding hydrogens is 292 g/mol. The average molecular weight is 322 g/mol. The predicted octanol–water partition coefficient (Wildman–Crippen LogP) is 0.830. The molecule has 0 fully saturated rings. The molecule has 1 aromatic heterocycles. The van der Waals surface area contributed by atoms with Gasteiger partial charge in [-0.1, -0.05) is 0 Å². The van der Waals surface area contributed by atoms with E-state index >= 15 is 0 Å². The number of hydrogen-bond donors (Lipinski definition) is 2. The molecule has 1 amide bonds. The number of amides is 1. The third kappa shape index (κ3) is 8.47. The molecule has 1 heterocycles. The predicted molar refractivity (Wildman–Crippen MR) is 93.9 cm³/mol. The lowest BCUT2D eigenvalue weighted by atomic mass is 10.3. The van der Waals surface area contributed by atoms with E-state index in [-0.39, 0.29) is 5.91 Å². The van der Waals surface area contributed by atoms with E-state index in [9.17, 15) is 4.79 Å². The first-order valence-electron chi connectivity index (χ1n) is 8.05. The van der Waals surface area contributed by atoms with Crippen LogP contribution in [0.2, 0.25) is 0 Å². The van der Waals surface area contributed by atoms with Gasteiger partial charge in [-0.05, 0) is 67.1 Å². The topological polar surface area (TPSA) is 73.4 Å². The maximum atomic E-state index is 12.2. The summed E-state index contributed by atoms with van der Waals surface area (Å²) in [4.78, 5) is 25.0. The van der Waals surface area contributed by atoms with Crippen molar-refractivity contribution in [2.24, 2.45) is 0 Å². The van der Waals surface area contributed by atoms with Crippen molar-refractivity contribution in [2.45, 2.75) is 19.8 Å². The molecule has 0 bridgehead atoms. The van der Waals surface area contributed by atoms with Gasteiger partial charge in [-0.25, -0.2) is 9.97 Å². The normalized spacial score (nSPS) is 11.1. The third-order valence-electron chi connectivity index (χ3n) is 3.22. The van der Waals surface area contributed by atoms with Crippen LogP contribution in [0.25, 0.3) is 0 Å². The molecule has 0 aliphatic carbocycles. The van der Waals surface area contributed by atoms with Gasteiger partial charge in [-0.2, -0.15) is 0 Å². The van der Waals surface area contributed by atoms with Crippen LogP contribution in [0.4, 0.5) is 5.95 Å². The molecule has 1 rings (SSSR count). The van der Waals surface area contributed by atoms with Crippen molar-refractivity contribution in [1.82, 2.24) is 25.1 Å². The number of aryl methyl sites for hydroxylation is 1. The highest BCUT2D eigenvalue weighted by molar-refractivity contribution is 5.92. The second kappa shape index (κ2) is 10.1. The van der Waals surface area contributed by atoms with Crippen LogP contribution >= 0.6 is 0 Å². The number of aromatic nitrogens is 2. The quantitative estimate of drug-likeness (QED) is 0.622. The van der Waals surface area contributed by atoms with Crippen LogP contribution in [0, 0.1) is 6.92 Å². The highest BCUT2D eigenvalue weighted by Crippen LogP contribution is 2.05. The molecule has 0 saturated heterocycles. The molecule has 1 aromatic rings. The van der Waals surface area contributed by atoms with Gasteiger partial charge in [-0.15, -0.1) is 0 Å². The van der Waals surface area contributed by atoms with Crippen molar-refractivity contribution in [2.75, 3.05) is 59.7 Å². The summed E-state index contributed by atoms with van der Waals surface area (Å²) in [5.41, 5.74) is 1.20. The molecule has 0 aromatic carbocycles. The minimum atomic E-state index is -0.148. The van der Waals surface area contributed by atoms with E-state index in [0.29, 0.717) is 18.2 Å². The van der Waals surface area contributed by atoms with Gasteiger partial charge in [0, 0.05) is 18.8 Å². The van der Waals surface area contributed by atoms with Gasteiger partial charge in [0.2, 0.25) is 5.95 Å². The maximum Gasteiger partial charge on any atom is 0.270 e. The van der Waals surface area contributed by atoms with E-state index in [1.54, 1.807) is 6.07 Å². The van der Waals surface area contributed by atoms with Crippen molar-refractivity contribution in [3.8, 4) is 0 Å². The second-order valence-electron chi connectivity index (χ2n) is 6.21. The Kier molecular flexibility index (Phi) is 8.50. The molecule has 23 heavy (non-hydrogen) atoms. The molecule has 0 saturated carbocycles. The summed E-state index contributed by atoms with van der Waals surface area (Å²) in [6, 6.07) is 1.71. The molecule has 130 valence electrons. The van der Waals surface area contributed by atoms with Crippen molar-refractivity contribution >= 4 is 11.9 Å². The van der Waals surface area contributed by atoms with E-state index in [1.807, 2.05) is 35.1 Å². The second-order valence-corrected chi connectivity index (χ2v) is 6.21. The SMILES string of the molecule is Cc1cc(C(=O)NCCCN(C)C)nc(NCCCN(C)C)n1. The van der Waals surface area contributed by atoms with Crippen LogP contribution in [0.15, 0.2) is 6.07 Å². The zero-order valence-electron chi connectivity index (χ0n) is 15.0. The van der Waals surface area contributed by atoms with Gasteiger partial charge in [-0.3, -0.25) is 4.79 Å². The first-order valence-corrected chi connectivity index (χ1v) is 8.05. The molecule has 7 heteroatoms. The minimum absolute atomic E-state index is 0.148. The summed E-state index contributed by atoms with van der Waals surface area (Å²) >= 11 is 0. The van der Waals surface area contributed by atoms with E-state index in [4.69, 9.17) is 0 Å². The zero-order chi connectivity index (χ0) is 17.2. The number of nitrogens with one attached hydrogen (secondary N) is 2. The fourth-order valence-electron chi connectivity index (χ4n) is 2.05. The maximum absolute atomic E-state index is 12.2. The molecule has 0 aliphatic heterocycles. The Bertz CT molecular complexity index is 489. The van der Waals surface area contributed by atoms with Crippen molar-refractivity contribution in [3.63, 3.8) is 0 Å². The van der Waals surface area contributed by atoms with Gasteiger partial charge in [0.05, 0.1) is 0 Å². The van der Waals surface area contributed by atoms with Crippen molar-refractivity contribution < 1.29 is 4.79 Å². The first kappa shape index (κ1) is 19.3. The summed E-state index contributed by atoms with van der Waals surface area (Å²) in [6.45, 7) is 5.24. The van der Waals surface area contributed by atoms with E-state index < -0.39 is 0 Å². The standard InChI is InChI=1S/C16H30N6O/c1-13-12-14(15(23)17-8-6-10-21(2)3)20-16(19-13)18-9-7-11-22(4)5/h12H,6-11H2,1-5H3,(H,17,23)(H,18,19,20). The highest BCUT2D eigenvalue weighted by Gasteiger charge is 2.10. The number of rotatable bonds is 10. The van der Waals surface area contributed by atoms with E-state index in [1.165, 1.54) is 0 Å². The molecule has 0 unspecified atom stereocenters. The van der Waals surface area contributed by atoms with Crippen LogP contribution in [-0.4, -0.2) is 80.0 Å². The average Bonchev–Trinajstić information content (AvgIpc) is 2.47. The summed E-state index contributed by atoms with van der Waals surface area (Å²) < 4.78 is 0. The van der Waals surface area contributed by atoms with Crippen LogP contribution in [0.1, 0.15) is 29.0 Å². The van der Waals surface area contributed by atoms with Crippen molar-refractivity contribution in [3.05, 3.63) is 17.5 Å². The molecule has 0 spiro atoms. The summed E-state index contributed by atoms with van der Waals surface area (Å²) in [5.74, 6) is 0.368. The lowest BCUT2D eigenvalue weighted by molar-refractivity contribution is 0.0947. The van der Waals surface area contributed by atoms with Crippen LogP contribution < -0.4 is 10.6 Å². The number of carbonyl (C=O) groups is 1. The van der Waals surface area contributed by atoms with Crippen LogP contribution in [0.3, 0.4) is 0 Å². The minimum Gasteiger partial charge on any atom is -0.354 e. The van der Waals surface area contributed by atoms with Crippen molar-refractivity contribution in [1.29, 1.82) is 0 Å². The summed E-state index contributed by atoms with van der Waals surface area (Å²) in [7, 11) is 8.12. The number of hydrogen-bond acceptors (Lipinski definition) is 6. The summed E-state index contributed by atoms with van der Waals surface area (Å²) in [5, 5.41) is 6.08. The fourth-order valence-corrected chi connectivity index (χ4v) is 2.05. The number of carbonyl (C=O) groups excluding carboxylic acids is 1. The Hall–Kier alpha value is -1.73. The monoisotopic (exact) mass is 322 g/mol. The molecular formula is C16H30N6O. The van der Waals surface area contributed by atoms with Crippen LogP contribution in [-0.2, 0) is 0 Å². The number of anilines is 1. The van der Waals surface area contributed by atoms with E-state index in [2.05, 4.69) is 30.4 Å². The molecule has 0 aliphatic rings. The Morgan fingerprint density at radius 2 is 1.65 bits per heavy atom. The Morgan fingerprint density at radius 3 is 2.26 bits per heavy atom. The van der Waals surface area contributed by atoms with Gasteiger partial charge in [0.1, 0.15) is 5.69 Å². The molecule has 0 radical (unpaired) electrons. The fraction of sp³-hybridized carbons (Fsp3) is 0.688. The summed E-state index contributed by atoms with van der Waals surface area (Å²) in [6.07, 6.45) is 1.91. The Morgan fingerprint density at radius 1 is 1.04 bits per heavy atom. The largest absolute Gasteiger partial charge is 0.354 e. The Labute approximate surface area is 139 Å². The third-order valence-corrected chi connectivity index (χ3v) is 3.22. The smallest absolute Gasteiger partial charge is 0.270 e. The van der Waals surface area contributed by atoms with Gasteiger partial charge in [0.15, 0.2) is 0 Å². The lowest BCUT2D eigenvalue weighted by Crippen LogP contribution is -2.28. The lowest BCUT2D eigenvalue weighted by Gasteiger charge is -2.12. The van der Waals surface area contributed by atoms with E-state index in [0.717, 1.165) is 38.2 Å². The first-order chi connectivity index (χ1) is 10.9.